The van der Waals surface area contributed by atoms with Gasteiger partial charge in [-0.05, 0) is 6.42 Å². The molecule has 0 aliphatic carbocycles. The number of aromatic amines is 1. The van der Waals surface area contributed by atoms with Crippen LogP contribution in [0.5, 0.6) is 0 Å². The van der Waals surface area contributed by atoms with Gasteiger partial charge in [0.1, 0.15) is 0 Å². The van der Waals surface area contributed by atoms with Gasteiger partial charge < -0.3 is 5.32 Å². The lowest BCUT2D eigenvalue weighted by atomic mass is 9.92. The fourth-order valence-electron chi connectivity index (χ4n) is 1.21. The van der Waals surface area contributed by atoms with Crippen LogP contribution in [0.3, 0.4) is 0 Å². The van der Waals surface area contributed by atoms with Crippen LogP contribution in [0.4, 0.5) is 5.82 Å². The van der Waals surface area contributed by atoms with E-state index in [0.29, 0.717) is 18.7 Å². The predicted molar refractivity (Wildman–Crippen MR) is 65.3 cm³/mol. The first kappa shape index (κ1) is 12.5. The highest BCUT2D eigenvalue weighted by molar-refractivity contribution is 5.89. The number of anilines is 1. The first-order valence-electron chi connectivity index (χ1n) is 5.40. The fourth-order valence-corrected chi connectivity index (χ4v) is 1.21. The maximum absolute atomic E-state index is 11.4. The van der Waals surface area contributed by atoms with Gasteiger partial charge >= 0.3 is 0 Å². The lowest BCUT2D eigenvalue weighted by Gasteiger charge is -2.14. The second-order valence-corrected chi connectivity index (χ2v) is 4.79. The number of amides is 1. The van der Waals surface area contributed by atoms with Gasteiger partial charge in [-0.1, -0.05) is 26.8 Å². The van der Waals surface area contributed by atoms with Crippen molar-refractivity contribution in [1.29, 1.82) is 0 Å². The van der Waals surface area contributed by atoms with E-state index < -0.39 is 0 Å². The Hall–Kier alpha value is -1.58. The molecular weight excluding hydrogens is 202 g/mol. The van der Waals surface area contributed by atoms with E-state index in [1.54, 1.807) is 6.08 Å². The van der Waals surface area contributed by atoms with Crippen LogP contribution in [0.1, 0.15) is 39.3 Å². The third-order valence-electron chi connectivity index (χ3n) is 2.23. The highest BCUT2D eigenvalue weighted by atomic mass is 16.1. The van der Waals surface area contributed by atoms with E-state index in [4.69, 9.17) is 0 Å². The number of H-pyrrole nitrogens is 1. The predicted octanol–water partition coefficient (Wildman–Crippen LogP) is 2.61. The van der Waals surface area contributed by atoms with Crippen molar-refractivity contribution in [2.45, 2.75) is 39.0 Å². The zero-order chi connectivity index (χ0) is 12.2. The minimum atomic E-state index is -0.0353. The van der Waals surface area contributed by atoms with Crippen molar-refractivity contribution >= 4 is 11.7 Å². The first-order chi connectivity index (χ1) is 7.43. The standard InChI is InChI=1S/C12H19N3O/c1-5-6-7-11(16)13-10-8-9(14-15-10)12(2,3)4/h5,8H,1,6-7H2,2-4H3,(H2,13,14,15,16). The van der Waals surface area contributed by atoms with Crippen molar-refractivity contribution in [3.63, 3.8) is 0 Å². The zero-order valence-electron chi connectivity index (χ0n) is 10.1. The van der Waals surface area contributed by atoms with Crippen molar-refractivity contribution in [1.82, 2.24) is 10.2 Å². The first-order valence-corrected chi connectivity index (χ1v) is 5.40. The number of rotatable bonds is 4. The second-order valence-electron chi connectivity index (χ2n) is 4.79. The van der Waals surface area contributed by atoms with E-state index in [9.17, 15) is 4.79 Å². The molecule has 0 radical (unpaired) electrons. The average molecular weight is 221 g/mol. The number of nitrogens with zero attached hydrogens (tertiary/aromatic N) is 1. The highest BCUT2D eigenvalue weighted by Crippen LogP contribution is 2.21. The largest absolute Gasteiger partial charge is 0.309 e. The summed E-state index contributed by atoms with van der Waals surface area (Å²) < 4.78 is 0. The van der Waals surface area contributed by atoms with Gasteiger partial charge in [-0.15, -0.1) is 6.58 Å². The van der Waals surface area contributed by atoms with Gasteiger partial charge in [0.2, 0.25) is 5.91 Å². The molecule has 2 N–H and O–H groups in total. The fraction of sp³-hybridized carbons (Fsp3) is 0.500. The average Bonchev–Trinajstić information content (AvgIpc) is 2.62. The summed E-state index contributed by atoms with van der Waals surface area (Å²) in [5, 5.41) is 9.71. The van der Waals surface area contributed by atoms with Crippen molar-refractivity contribution in [3.05, 3.63) is 24.4 Å². The van der Waals surface area contributed by atoms with E-state index in [1.165, 1.54) is 0 Å². The number of nitrogens with one attached hydrogen (secondary N) is 2. The molecule has 1 aromatic heterocycles. The van der Waals surface area contributed by atoms with Gasteiger partial charge in [-0.3, -0.25) is 9.89 Å². The van der Waals surface area contributed by atoms with E-state index in [2.05, 4.69) is 42.9 Å². The van der Waals surface area contributed by atoms with Crippen LogP contribution in [-0.2, 0) is 10.2 Å². The Morgan fingerprint density at radius 2 is 2.31 bits per heavy atom. The molecule has 0 saturated carbocycles. The van der Waals surface area contributed by atoms with Gasteiger partial charge in [0.25, 0.3) is 0 Å². The van der Waals surface area contributed by atoms with E-state index in [-0.39, 0.29) is 11.3 Å². The Kier molecular flexibility index (Phi) is 3.88. The Labute approximate surface area is 96.1 Å². The van der Waals surface area contributed by atoms with Crippen LogP contribution in [0.2, 0.25) is 0 Å². The van der Waals surface area contributed by atoms with Crippen LogP contribution >= 0.6 is 0 Å². The molecule has 0 spiro atoms. The number of hydrogen-bond acceptors (Lipinski definition) is 2. The number of aromatic nitrogens is 2. The SMILES string of the molecule is C=CCCC(=O)Nc1cc(C(C)(C)C)[nH]n1. The second kappa shape index (κ2) is 4.96. The molecule has 0 unspecified atom stereocenters. The minimum Gasteiger partial charge on any atom is -0.309 e. The molecule has 4 nitrogen and oxygen atoms in total. The maximum Gasteiger partial charge on any atom is 0.225 e. The minimum absolute atomic E-state index is 0.0110. The Morgan fingerprint density at radius 1 is 1.62 bits per heavy atom. The lowest BCUT2D eigenvalue weighted by molar-refractivity contribution is -0.116. The van der Waals surface area contributed by atoms with Crippen LogP contribution in [0.15, 0.2) is 18.7 Å². The summed E-state index contributed by atoms with van der Waals surface area (Å²) in [5.41, 5.74) is 1.02. The number of carbonyl (C=O) groups is 1. The molecule has 0 aromatic carbocycles. The third kappa shape index (κ3) is 3.53. The quantitative estimate of drug-likeness (QED) is 0.768. The summed E-state index contributed by atoms with van der Waals surface area (Å²) >= 11 is 0. The molecule has 88 valence electrons. The van der Waals surface area contributed by atoms with Crippen molar-refractivity contribution in [3.8, 4) is 0 Å². The maximum atomic E-state index is 11.4. The lowest BCUT2D eigenvalue weighted by Crippen LogP contribution is -2.12. The monoisotopic (exact) mass is 221 g/mol. The molecule has 0 fully saturated rings. The Bertz CT molecular complexity index is 374. The number of carbonyl (C=O) groups excluding carboxylic acids is 1. The van der Waals surface area contributed by atoms with Crippen molar-refractivity contribution in [2.24, 2.45) is 0 Å². The van der Waals surface area contributed by atoms with Gasteiger partial charge in [0.05, 0.1) is 0 Å². The van der Waals surface area contributed by atoms with Crippen LogP contribution < -0.4 is 5.32 Å². The molecule has 1 amide bonds. The van der Waals surface area contributed by atoms with E-state index in [1.807, 2.05) is 6.07 Å². The summed E-state index contributed by atoms with van der Waals surface area (Å²) in [5.74, 6) is 0.547. The zero-order valence-corrected chi connectivity index (χ0v) is 10.1. The molecule has 0 bridgehead atoms. The van der Waals surface area contributed by atoms with Gasteiger partial charge in [0, 0.05) is 23.6 Å². The van der Waals surface area contributed by atoms with Crippen LogP contribution in [0.25, 0.3) is 0 Å². The molecule has 4 heteroatoms. The normalized spacial score (nSPS) is 11.2. The Balaban J connectivity index is 2.59. The topological polar surface area (TPSA) is 57.8 Å². The van der Waals surface area contributed by atoms with Gasteiger partial charge in [0.15, 0.2) is 5.82 Å². The highest BCUT2D eigenvalue weighted by Gasteiger charge is 2.17. The van der Waals surface area contributed by atoms with Crippen molar-refractivity contribution < 1.29 is 4.79 Å². The molecular formula is C12H19N3O. The molecule has 0 aliphatic rings. The molecule has 0 atom stereocenters. The smallest absolute Gasteiger partial charge is 0.225 e. The van der Waals surface area contributed by atoms with Crippen LogP contribution in [-0.4, -0.2) is 16.1 Å². The third-order valence-corrected chi connectivity index (χ3v) is 2.23. The number of allylic oxidation sites excluding steroid dienone is 1. The molecule has 0 aliphatic heterocycles. The Morgan fingerprint density at radius 3 is 2.81 bits per heavy atom. The van der Waals surface area contributed by atoms with Crippen LogP contribution in [0, 0.1) is 0 Å². The summed E-state index contributed by atoms with van der Waals surface area (Å²) in [7, 11) is 0. The summed E-state index contributed by atoms with van der Waals surface area (Å²) in [4.78, 5) is 11.4. The molecule has 1 aromatic rings. The molecule has 0 saturated heterocycles. The molecule has 1 heterocycles. The molecule has 16 heavy (non-hydrogen) atoms. The van der Waals surface area contributed by atoms with Crippen molar-refractivity contribution in [2.75, 3.05) is 5.32 Å². The number of hydrogen-bond donors (Lipinski definition) is 2. The van der Waals surface area contributed by atoms with E-state index in [0.717, 1.165) is 5.69 Å². The van der Waals surface area contributed by atoms with Gasteiger partial charge in [-0.2, -0.15) is 5.10 Å². The molecule has 1 rings (SSSR count). The summed E-state index contributed by atoms with van der Waals surface area (Å²) in [6, 6.07) is 1.87. The van der Waals surface area contributed by atoms with E-state index >= 15 is 0 Å². The summed E-state index contributed by atoms with van der Waals surface area (Å²) in [6.07, 6.45) is 2.86. The summed E-state index contributed by atoms with van der Waals surface area (Å²) in [6.45, 7) is 9.84. The van der Waals surface area contributed by atoms with Gasteiger partial charge in [-0.25, -0.2) is 0 Å².